The maximum Gasteiger partial charge on any atom is 0.252 e. The molecule has 4 heteroatoms. The van der Waals surface area contributed by atoms with Gasteiger partial charge >= 0.3 is 0 Å². The highest BCUT2D eigenvalue weighted by Crippen LogP contribution is 2.17. The molecule has 1 rings (SSSR count). The molecule has 0 aromatic heterocycles. The molecule has 78 valence electrons. The second-order valence-corrected chi connectivity index (χ2v) is 3.20. The van der Waals surface area contributed by atoms with Gasteiger partial charge in [0.1, 0.15) is 12.4 Å². The van der Waals surface area contributed by atoms with E-state index in [1.807, 2.05) is 6.07 Å². The van der Waals surface area contributed by atoms with Crippen LogP contribution < -0.4 is 10.5 Å². The molecule has 4 nitrogen and oxygen atoms in total. The second kappa shape index (κ2) is 5.01. The summed E-state index contributed by atoms with van der Waals surface area (Å²) >= 11 is 0. The number of nitrogens with two attached hydrogens (primary N) is 1. The first-order valence-electron chi connectivity index (χ1n) is 4.56. The summed E-state index contributed by atoms with van der Waals surface area (Å²) in [6.45, 7) is 1.99. The van der Waals surface area contributed by atoms with Crippen molar-refractivity contribution in [2.75, 3.05) is 6.61 Å². The summed E-state index contributed by atoms with van der Waals surface area (Å²) in [7, 11) is 0. The Morgan fingerprint density at radius 3 is 2.87 bits per heavy atom. The van der Waals surface area contributed by atoms with Gasteiger partial charge in [-0.25, -0.2) is 0 Å². The third kappa shape index (κ3) is 2.99. The number of ether oxygens (including phenoxy) is 1. The van der Waals surface area contributed by atoms with Gasteiger partial charge in [-0.3, -0.25) is 4.79 Å². The van der Waals surface area contributed by atoms with Crippen LogP contribution >= 0.6 is 0 Å². The van der Waals surface area contributed by atoms with E-state index >= 15 is 0 Å². The largest absolute Gasteiger partial charge is 0.491 e. The molecule has 0 spiro atoms. The quantitative estimate of drug-likeness (QED) is 0.803. The summed E-state index contributed by atoms with van der Waals surface area (Å²) in [4.78, 5) is 11.0. The zero-order valence-electron chi connectivity index (χ0n) is 8.43. The van der Waals surface area contributed by atoms with Crippen LogP contribution in [-0.2, 0) is 0 Å². The normalized spacial score (nSPS) is 11.5. The van der Waals surface area contributed by atoms with Crippen molar-refractivity contribution < 1.29 is 9.53 Å². The Balaban J connectivity index is 2.77. The van der Waals surface area contributed by atoms with Gasteiger partial charge in [-0.1, -0.05) is 12.1 Å². The molecule has 2 N–H and O–H groups in total. The van der Waals surface area contributed by atoms with Crippen molar-refractivity contribution >= 4 is 5.91 Å². The third-order valence-electron chi connectivity index (χ3n) is 1.86. The zero-order chi connectivity index (χ0) is 11.3. The molecule has 0 heterocycles. The van der Waals surface area contributed by atoms with Gasteiger partial charge in [0.15, 0.2) is 0 Å². The number of carbonyl (C=O) groups excluding carboxylic acids is 1. The minimum Gasteiger partial charge on any atom is -0.491 e. The van der Waals surface area contributed by atoms with Crippen molar-refractivity contribution in [2.45, 2.75) is 6.92 Å². The van der Waals surface area contributed by atoms with E-state index in [0.717, 1.165) is 0 Å². The van der Waals surface area contributed by atoms with E-state index in [9.17, 15) is 4.79 Å². The monoisotopic (exact) mass is 204 g/mol. The highest BCUT2D eigenvalue weighted by atomic mass is 16.5. The number of para-hydroxylation sites is 1. The first-order valence-corrected chi connectivity index (χ1v) is 4.56. The van der Waals surface area contributed by atoms with Crippen LogP contribution in [-0.4, -0.2) is 12.5 Å². The van der Waals surface area contributed by atoms with E-state index in [0.29, 0.717) is 11.3 Å². The van der Waals surface area contributed by atoms with Crippen molar-refractivity contribution in [1.29, 1.82) is 5.26 Å². The standard InChI is InChI=1S/C11H12N2O2/c1-8(6-12)7-15-10-5-3-2-4-9(10)11(13)14/h2-5,8H,7H2,1H3,(H2,13,14). The Morgan fingerprint density at radius 2 is 2.27 bits per heavy atom. The van der Waals surface area contributed by atoms with Crippen molar-refractivity contribution in [2.24, 2.45) is 11.7 Å². The number of nitriles is 1. The van der Waals surface area contributed by atoms with Crippen LogP contribution in [0.5, 0.6) is 5.75 Å². The van der Waals surface area contributed by atoms with Crippen molar-refractivity contribution in [3.63, 3.8) is 0 Å². The predicted molar refractivity (Wildman–Crippen MR) is 55.2 cm³/mol. The summed E-state index contributed by atoms with van der Waals surface area (Å²) in [6.07, 6.45) is 0. The fourth-order valence-electron chi connectivity index (χ4n) is 1.05. The lowest BCUT2D eigenvalue weighted by Crippen LogP contribution is -2.14. The van der Waals surface area contributed by atoms with E-state index in [-0.39, 0.29) is 12.5 Å². The van der Waals surface area contributed by atoms with Crippen LogP contribution in [0, 0.1) is 17.2 Å². The molecule has 0 fully saturated rings. The molecule has 1 atom stereocenters. The minimum absolute atomic E-state index is 0.217. The molecule has 1 amide bonds. The second-order valence-electron chi connectivity index (χ2n) is 3.20. The maximum absolute atomic E-state index is 11.0. The summed E-state index contributed by atoms with van der Waals surface area (Å²) < 4.78 is 5.33. The highest BCUT2D eigenvalue weighted by molar-refractivity contribution is 5.95. The summed E-state index contributed by atoms with van der Waals surface area (Å²) in [5, 5.41) is 8.57. The summed E-state index contributed by atoms with van der Waals surface area (Å²) in [5.74, 6) is -0.326. The fraction of sp³-hybridized carbons (Fsp3) is 0.273. The third-order valence-corrected chi connectivity index (χ3v) is 1.86. The molecule has 0 saturated heterocycles. The van der Waals surface area contributed by atoms with Gasteiger partial charge in [0.2, 0.25) is 0 Å². The number of benzene rings is 1. The molecule has 1 unspecified atom stereocenters. The lowest BCUT2D eigenvalue weighted by molar-refractivity contribution is 0.0996. The molecule has 0 radical (unpaired) electrons. The first-order chi connectivity index (χ1) is 7.15. The Bertz CT molecular complexity index is 396. The van der Waals surface area contributed by atoms with Crippen molar-refractivity contribution in [1.82, 2.24) is 0 Å². The smallest absolute Gasteiger partial charge is 0.252 e. The Hall–Kier alpha value is -2.02. The first kappa shape index (κ1) is 11.1. The summed E-state index contributed by atoms with van der Waals surface area (Å²) in [6, 6.07) is 8.75. The van der Waals surface area contributed by atoms with Gasteiger partial charge < -0.3 is 10.5 Å². The van der Waals surface area contributed by atoms with Crippen LogP contribution in [0.1, 0.15) is 17.3 Å². The lowest BCUT2D eigenvalue weighted by atomic mass is 10.2. The van der Waals surface area contributed by atoms with Crippen molar-refractivity contribution in [3.8, 4) is 11.8 Å². The minimum atomic E-state index is -0.532. The van der Waals surface area contributed by atoms with E-state index in [1.165, 1.54) is 0 Å². The van der Waals surface area contributed by atoms with Gasteiger partial charge in [0, 0.05) is 0 Å². The Labute approximate surface area is 88.3 Å². The number of carbonyl (C=O) groups is 1. The molecule has 0 aliphatic carbocycles. The van der Waals surface area contributed by atoms with Crippen LogP contribution in [0.3, 0.4) is 0 Å². The van der Waals surface area contributed by atoms with E-state index in [1.54, 1.807) is 31.2 Å². The van der Waals surface area contributed by atoms with Crippen LogP contribution in [0.4, 0.5) is 0 Å². The Kier molecular flexibility index (Phi) is 3.69. The molecule has 1 aromatic carbocycles. The molecule has 0 aliphatic heterocycles. The van der Waals surface area contributed by atoms with E-state index in [4.69, 9.17) is 15.7 Å². The van der Waals surface area contributed by atoms with Gasteiger partial charge in [-0.2, -0.15) is 5.26 Å². The Morgan fingerprint density at radius 1 is 1.60 bits per heavy atom. The number of hydrogen-bond acceptors (Lipinski definition) is 3. The van der Waals surface area contributed by atoms with Crippen molar-refractivity contribution in [3.05, 3.63) is 29.8 Å². The van der Waals surface area contributed by atoms with E-state index in [2.05, 4.69) is 0 Å². The van der Waals surface area contributed by atoms with Gasteiger partial charge in [0.05, 0.1) is 17.6 Å². The number of nitrogens with zero attached hydrogens (tertiary/aromatic N) is 1. The highest BCUT2D eigenvalue weighted by Gasteiger charge is 2.09. The molecule has 15 heavy (non-hydrogen) atoms. The molecular weight excluding hydrogens is 192 g/mol. The number of hydrogen-bond donors (Lipinski definition) is 1. The molecular formula is C11H12N2O2. The molecule has 1 aromatic rings. The average Bonchev–Trinajstić information content (AvgIpc) is 2.26. The number of rotatable bonds is 4. The fourth-order valence-corrected chi connectivity index (χ4v) is 1.05. The molecule has 0 aliphatic rings. The molecule has 0 bridgehead atoms. The van der Waals surface area contributed by atoms with Gasteiger partial charge in [-0.15, -0.1) is 0 Å². The van der Waals surface area contributed by atoms with Gasteiger partial charge in [0.25, 0.3) is 5.91 Å². The SMILES string of the molecule is CC(C#N)COc1ccccc1C(N)=O. The maximum atomic E-state index is 11.0. The topological polar surface area (TPSA) is 76.1 Å². The van der Waals surface area contributed by atoms with Crippen LogP contribution in [0.15, 0.2) is 24.3 Å². The average molecular weight is 204 g/mol. The molecule has 0 saturated carbocycles. The predicted octanol–water partition coefficient (Wildman–Crippen LogP) is 1.32. The van der Waals surface area contributed by atoms with Crippen LogP contribution in [0.2, 0.25) is 0 Å². The van der Waals surface area contributed by atoms with Crippen LogP contribution in [0.25, 0.3) is 0 Å². The lowest BCUT2D eigenvalue weighted by Gasteiger charge is -2.09. The van der Waals surface area contributed by atoms with Gasteiger partial charge in [-0.05, 0) is 19.1 Å². The number of amides is 1. The number of primary amides is 1. The summed E-state index contributed by atoms with van der Waals surface area (Å²) in [5.41, 5.74) is 5.51. The zero-order valence-corrected chi connectivity index (χ0v) is 8.43. The van der Waals surface area contributed by atoms with E-state index < -0.39 is 5.91 Å².